The van der Waals surface area contributed by atoms with Crippen LogP contribution in [0.1, 0.15) is 5.56 Å². The van der Waals surface area contributed by atoms with Gasteiger partial charge in [-0.05, 0) is 17.0 Å². The molecule has 1 aliphatic heterocycles. The van der Waals surface area contributed by atoms with Gasteiger partial charge in [0.2, 0.25) is 0 Å². The number of hydrogen-bond donors (Lipinski definition) is 0. The number of hydrogen-bond acceptors (Lipinski definition) is 3. The van der Waals surface area contributed by atoms with Gasteiger partial charge < -0.3 is 0 Å². The zero-order valence-electron chi connectivity index (χ0n) is 8.29. The smallest absolute Gasteiger partial charge is 0.0931 e. The Morgan fingerprint density at radius 3 is 3.07 bits per heavy atom. The molecule has 15 heavy (non-hydrogen) atoms. The first-order valence-corrected chi connectivity index (χ1v) is 7.85. The van der Waals surface area contributed by atoms with Crippen molar-refractivity contribution in [2.75, 3.05) is 23.9 Å². The monoisotopic (exact) mass is 281 g/mol. The minimum atomic E-state index is 0.518. The van der Waals surface area contributed by atoms with Crippen molar-refractivity contribution in [2.45, 2.75) is 12.6 Å². The predicted octanol–water partition coefficient (Wildman–Crippen LogP) is 3.56. The van der Waals surface area contributed by atoms with Crippen molar-refractivity contribution >= 4 is 46.3 Å². The molecule has 1 fully saturated rings. The van der Waals surface area contributed by atoms with Gasteiger partial charge in [-0.1, -0.05) is 11.6 Å². The van der Waals surface area contributed by atoms with Crippen LogP contribution in [0.2, 0.25) is 4.34 Å². The van der Waals surface area contributed by atoms with Gasteiger partial charge in [-0.15, -0.1) is 22.9 Å². The zero-order valence-corrected chi connectivity index (χ0v) is 11.4. The lowest BCUT2D eigenvalue weighted by molar-refractivity contribution is 0.226. The minimum absolute atomic E-state index is 0.518. The summed E-state index contributed by atoms with van der Waals surface area (Å²) in [6.45, 7) is 2.12. The Hall–Kier alpha value is 0.590. The van der Waals surface area contributed by atoms with E-state index in [1.165, 1.54) is 11.3 Å². The normalized spacial score (nSPS) is 23.2. The molecule has 1 nitrogen and oxygen atoms in total. The van der Waals surface area contributed by atoms with Crippen molar-refractivity contribution in [1.82, 2.24) is 4.90 Å². The Labute approximate surface area is 109 Å². The predicted molar refractivity (Wildman–Crippen MR) is 71.6 cm³/mol. The summed E-state index contributed by atoms with van der Waals surface area (Å²) in [6, 6.07) is 2.57. The van der Waals surface area contributed by atoms with Crippen molar-refractivity contribution in [1.29, 1.82) is 0 Å². The van der Waals surface area contributed by atoms with Crippen LogP contribution in [0, 0.1) is 0 Å². The number of rotatable bonds is 3. The molecule has 2 rings (SSSR count). The van der Waals surface area contributed by atoms with Crippen molar-refractivity contribution in [3.63, 3.8) is 0 Å². The van der Waals surface area contributed by atoms with Crippen LogP contribution in [0.5, 0.6) is 0 Å². The maximum Gasteiger partial charge on any atom is 0.0931 e. The van der Waals surface area contributed by atoms with E-state index in [4.69, 9.17) is 23.2 Å². The molecule has 1 aromatic heterocycles. The van der Waals surface area contributed by atoms with Crippen LogP contribution >= 0.6 is 46.3 Å². The summed E-state index contributed by atoms with van der Waals surface area (Å²) in [6.07, 6.45) is 0. The summed E-state index contributed by atoms with van der Waals surface area (Å²) in [5.74, 6) is 3.09. The van der Waals surface area contributed by atoms with Crippen LogP contribution in [0.15, 0.2) is 11.4 Å². The summed E-state index contributed by atoms with van der Waals surface area (Å²) < 4.78 is 0.874. The Balaban J connectivity index is 1.97. The van der Waals surface area contributed by atoms with Crippen molar-refractivity contribution in [2.24, 2.45) is 0 Å². The zero-order chi connectivity index (χ0) is 10.7. The highest BCUT2D eigenvalue weighted by Gasteiger charge is 2.21. The van der Waals surface area contributed by atoms with E-state index >= 15 is 0 Å². The van der Waals surface area contributed by atoms with Crippen molar-refractivity contribution in [3.05, 3.63) is 21.3 Å². The first kappa shape index (κ1) is 12.1. The summed E-state index contributed by atoms with van der Waals surface area (Å²) in [5, 5.41) is 2.13. The van der Waals surface area contributed by atoms with Crippen LogP contribution in [0.3, 0.4) is 0 Å². The van der Waals surface area contributed by atoms with Crippen LogP contribution in [-0.4, -0.2) is 34.9 Å². The van der Waals surface area contributed by atoms with E-state index in [0.29, 0.717) is 6.04 Å². The van der Waals surface area contributed by atoms with Gasteiger partial charge in [-0.3, -0.25) is 4.90 Å². The largest absolute Gasteiger partial charge is 0.293 e. The minimum Gasteiger partial charge on any atom is -0.293 e. The third-order valence-corrected chi connectivity index (χ3v) is 5.12. The van der Waals surface area contributed by atoms with Gasteiger partial charge in [-0.2, -0.15) is 11.8 Å². The van der Waals surface area contributed by atoms with Gasteiger partial charge in [0.25, 0.3) is 0 Å². The van der Waals surface area contributed by atoms with Crippen molar-refractivity contribution in [3.8, 4) is 0 Å². The first-order valence-electron chi connectivity index (χ1n) is 4.90. The molecule has 0 aromatic carbocycles. The third kappa shape index (κ3) is 3.27. The number of thioether (sulfide) groups is 1. The van der Waals surface area contributed by atoms with E-state index in [1.807, 2.05) is 11.8 Å². The fourth-order valence-electron chi connectivity index (χ4n) is 1.70. The average molecular weight is 282 g/mol. The maximum atomic E-state index is 5.97. The molecule has 1 saturated heterocycles. The lowest BCUT2D eigenvalue weighted by Crippen LogP contribution is -2.42. The number of halogens is 2. The van der Waals surface area contributed by atoms with Gasteiger partial charge in [0, 0.05) is 36.5 Å². The molecule has 1 atom stereocenters. The summed E-state index contributed by atoms with van der Waals surface area (Å²) in [7, 11) is 0. The van der Waals surface area contributed by atoms with Gasteiger partial charge in [0.05, 0.1) is 4.34 Å². The highest BCUT2D eigenvalue weighted by molar-refractivity contribution is 7.99. The Kier molecular flexibility index (Phi) is 4.65. The molecule has 1 aromatic rings. The molecule has 84 valence electrons. The fraction of sp³-hybridized carbons (Fsp3) is 0.600. The molecular weight excluding hydrogens is 269 g/mol. The highest BCUT2D eigenvalue weighted by Crippen LogP contribution is 2.24. The summed E-state index contributed by atoms with van der Waals surface area (Å²) in [5.41, 5.74) is 1.31. The average Bonchev–Trinajstić information content (AvgIpc) is 2.65. The fourth-order valence-corrected chi connectivity index (χ4v) is 4.17. The number of thiophene rings is 1. The standard InChI is InChI=1S/C10H13Cl2NS2/c11-4-9-7-14-2-1-13(9)5-8-3-10(12)15-6-8/h3,6,9H,1-2,4-5,7H2. The van der Waals surface area contributed by atoms with Gasteiger partial charge in [0.15, 0.2) is 0 Å². The lowest BCUT2D eigenvalue weighted by Gasteiger charge is -2.33. The van der Waals surface area contributed by atoms with Gasteiger partial charge in [-0.25, -0.2) is 0 Å². The molecule has 2 heterocycles. The van der Waals surface area contributed by atoms with E-state index in [0.717, 1.165) is 29.1 Å². The SMILES string of the molecule is ClCC1CSCCN1Cc1csc(Cl)c1. The molecule has 5 heteroatoms. The molecular formula is C10H13Cl2NS2. The third-order valence-electron chi connectivity index (χ3n) is 2.54. The molecule has 0 saturated carbocycles. The molecule has 0 amide bonds. The summed E-state index contributed by atoms with van der Waals surface area (Å²) in [4.78, 5) is 2.46. The maximum absolute atomic E-state index is 5.97. The van der Waals surface area contributed by atoms with E-state index in [2.05, 4.69) is 16.3 Å². The van der Waals surface area contributed by atoms with Crippen LogP contribution in [-0.2, 0) is 6.54 Å². The second kappa shape index (κ2) is 5.78. The second-order valence-electron chi connectivity index (χ2n) is 3.61. The molecule has 0 radical (unpaired) electrons. The second-order valence-corrected chi connectivity index (χ2v) is 6.61. The topological polar surface area (TPSA) is 3.24 Å². The molecule has 0 spiro atoms. The van der Waals surface area contributed by atoms with Gasteiger partial charge in [0.1, 0.15) is 0 Å². The van der Waals surface area contributed by atoms with Crippen LogP contribution < -0.4 is 0 Å². The number of nitrogens with zero attached hydrogens (tertiary/aromatic N) is 1. The van der Waals surface area contributed by atoms with Crippen LogP contribution in [0.25, 0.3) is 0 Å². The van der Waals surface area contributed by atoms with E-state index in [9.17, 15) is 0 Å². The first-order chi connectivity index (χ1) is 7.29. The van der Waals surface area contributed by atoms with E-state index in [1.54, 1.807) is 11.3 Å². The molecule has 0 N–H and O–H groups in total. The van der Waals surface area contributed by atoms with Gasteiger partial charge >= 0.3 is 0 Å². The summed E-state index contributed by atoms with van der Waals surface area (Å²) >= 11 is 15.5. The quantitative estimate of drug-likeness (QED) is 0.780. The Bertz CT molecular complexity index is 316. The van der Waals surface area contributed by atoms with Crippen molar-refractivity contribution < 1.29 is 0 Å². The Morgan fingerprint density at radius 1 is 1.53 bits per heavy atom. The molecule has 1 aliphatic rings. The Morgan fingerprint density at radius 2 is 2.40 bits per heavy atom. The molecule has 0 bridgehead atoms. The lowest BCUT2D eigenvalue weighted by atomic mass is 10.2. The highest BCUT2D eigenvalue weighted by atomic mass is 35.5. The van der Waals surface area contributed by atoms with E-state index in [-0.39, 0.29) is 0 Å². The van der Waals surface area contributed by atoms with Crippen LogP contribution in [0.4, 0.5) is 0 Å². The van der Waals surface area contributed by atoms with E-state index < -0.39 is 0 Å². The number of alkyl halides is 1. The molecule has 0 aliphatic carbocycles. The molecule has 1 unspecified atom stereocenters.